The molecule has 8 aromatic carbocycles. The zero-order chi connectivity index (χ0) is 38.4. The molecule has 0 aliphatic heterocycles. The van der Waals surface area contributed by atoms with Crippen LogP contribution in [0.25, 0.3) is 32.7 Å². The normalized spacial score (nSPS) is 10.8. The van der Waals surface area contributed by atoms with Crippen molar-refractivity contribution >= 4 is 67.6 Å². The summed E-state index contributed by atoms with van der Waals surface area (Å²) in [6.07, 6.45) is 2.30. The molecule has 0 aromatic heterocycles. The molecule has 0 aliphatic rings. The Labute approximate surface area is 325 Å². The number of para-hydroxylation sites is 2. The first-order valence-corrected chi connectivity index (χ1v) is 18.1. The van der Waals surface area contributed by atoms with E-state index in [1.807, 2.05) is 48.5 Å². The van der Waals surface area contributed by atoms with Crippen molar-refractivity contribution in [3.05, 3.63) is 207 Å². The van der Waals surface area contributed by atoms with Gasteiger partial charge in [-0.3, -0.25) is 0 Å². The SMILES string of the molecule is C=CC(=O)Oc1ccc2cc(N(c3ccc(-c4ccc(N(c5ccccc5)c5ccccc5)cc4)cc3)c3ccc4cc(OC(=O)C=C)ccc4c3)ccc2c1. The predicted molar refractivity (Wildman–Crippen MR) is 228 cm³/mol. The number of fused-ring (bicyclic) bond motifs is 2. The molecule has 0 saturated carbocycles. The Morgan fingerprint density at radius 2 is 0.696 bits per heavy atom. The molecule has 56 heavy (non-hydrogen) atoms. The Hall–Kier alpha value is -7.70. The molecule has 0 fully saturated rings. The van der Waals surface area contributed by atoms with E-state index in [9.17, 15) is 9.59 Å². The number of ether oxygens (including phenoxy) is 2. The summed E-state index contributed by atoms with van der Waals surface area (Å²) in [6.45, 7) is 6.99. The zero-order valence-electron chi connectivity index (χ0n) is 30.4. The van der Waals surface area contributed by atoms with E-state index < -0.39 is 11.9 Å². The molecule has 0 atom stereocenters. The molecule has 0 spiro atoms. The highest BCUT2D eigenvalue weighted by molar-refractivity contribution is 5.94. The van der Waals surface area contributed by atoms with Crippen molar-refractivity contribution in [3.63, 3.8) is 0 Å². The van der Waals surface area contributed by atoms with Gasteiger partial charge in [-0.25, -0.2) is 9.59 Å². The van der Waals surface area contributed by atoms with Gasteiger partial charge in [-0.15, -0.1) is 0 Å². The third-order valence-electron chi connectivity index (χ3n) is 9.49. The van der Waals surface area contributed by atoms with E-state index in [4.69, 9.17) is 9.47 Å². The van der Waals surface area contributed by atoms with Crippen molar-refractivity contribution in [1.82, 2.24) is 0 Å². The van der Waals surface area contributed by atoms with Crippen molar-refractivity contribution < 1.29 is 19.1 Å². The first-order chi connectivity index (χ1) is 27.4. The Bertz CT molecular complexity index is 2560. The standard InChI is InChI=1S/C50H36N2O4/c1-3-49(53)55-47-29-21-37-31-45(27-19-39(37)33-47)52(46-28-20-40-34-48(56-50(54)4-2)30-22-38(40)32-46)44-25-17-36(18-26-44)35-15-23-43(24-16-35)51(41-11-7-5-8-12-41)42-13-9-6-10-14-42/h3-34H,1-2H2. The van der Waals surface area contributed by atoms with Crippen LogP contribution in [0.4, 0.5) is 34.1 Å². The largest absolute Gasteiger partial charge is 0.423 e. The minimum Gasteiger partial charge on any atom is -0.423 e. The van der Waals surface area contributed by atoms with Gasteiger partial charge >= 0.3 is 11.9 Å². The van der Waals surface area contributed by atoms with Gasteiger partial charge in [-0.1, -0.05) is 98.1 Å². The van der Waals surface area contributed by atoms with Crippen molar-refractivity contribution in [3.8, 4) is 22.6 Å². The third kappa shape index (κ3) is 7.53. The number of carbonyl (C=O) groups is 2. The van der Waals surface area contributed by atoms with Crippen molar-refractivity contribution in [2.75, 3.05) is 9.80 Å². The summed E-state index contributed by atoms with van der Waals surface area (Å²) in [4.78, 5) is 28.1. The second kappa shape index (κ2) is 15.7. The molecule has 0 heterocycles. The monoisotopic (exact) mass is 728 g/mol. The minimum atomic E-state index is -0.504. The number of esters is 2. The van der Waals surface area contributed by atoms with E-state index in [2.05, 4.69) is 144 Å². The molecule has 0 N–H and O–H groups in total. The van der Waals surface area contributed by atoms with Gasteiger partial charge in [0.2, 0.25) is 0 Å². The van der Waals surface area contributed by atoms with Crippen molar-refractivity contribution in [1.29, 1.82) is 0 Å². The highest BCUT2D eigenvalue weighted by atomic mass is 16.5. The number of carbonyl (C=O) groups excluding carboxylic acids is 2. The lowest BCUT2D eigenvalue weighted by Crippen LogP contribution is -2.10. The van der Waals surface area contributed by atoms with E-state index >= 15 is 0 Å². The molecule has 6 heteroatoms. The minimum absolute atomic E-state index is 0.455. The summed E-state index contributed by atoms with van der Waals surface area (Å²) < 4.78 is 10.7. The molecule has 8 rings (SSSR count). The molecule has 0 aliphatic carbocycles. The van der Waals surface area contributed by atoms with Gasteiger partial charge in [0.1, 0.15) is 11.5 Å². The summed E-state index contributed by atoms with van der Waals surface area (Å²) in [6, 6.07) is 61.5. The second-order valence-electron chi connectivity index (χ2n) is 13.1. The molecule has 0 bridgehead atoms. The topological polar surface area (TPSA) is 59.1 Å². The Kier molecular flexibility index (Phi) is 9.92. The van der Waals surface area contributed by atoms with Gasteiger partial charge in [0.25, 0.3) is 0 Å². The predicted octanol–water partition coefficient (Wildman–Crippen LogP) is 12.8. The Morgan fingerprint density at radius 1 is 0.375 bits per heavy atom. The molecule has 6 nitrogen and oxygen atoms in total. The molecule has 0 unspecified atom stereocenters. The fraction of sp³-hybridized carbons (Fsp3) is 0. The zero-order valence-corrected chi connectivity index (χ0v) is 30.4. The molecular formula is C50H36N2O4. The number of benzene rings is 8. The molecular weight excluding hydrogens is 693 g/mol. The van der Waals surface area contributed by atoms with E-state index in [0.29, 0.717) is 11.5 Å². The van der Waals surface area contributed by atoms with E-state index in [1.54, 1.807) is 12.1 Å². The number of hydrogen-bond acceptors (Lipinski definition) is 6. The van der Waals surface area contributed by atoms with Crippen molar-refractivity contribution in [2.24, 2.45) is 0 Å². The average molecular weight is 729 g/mol. The maximum absolute atomic E-state index is 11.8. The van der Waals surface area contributed by atoms with Gasteiger partial charge in [0.05, 0.1) is 0 Å². The van der Waals surface area contributed by atoms with E-state index in [-0.39, 0.29) is 0 Å². The maximum Gasteiger partial charge on any atom is 0.335 e. The summed E-state index contributed by atoms with van der Waals surface area (Å²) >= 11 is 0. The average Bonchev–Trinajstić information content (AvgIpc) is 3.25. The number of anilines is 6. The van der Waals surface area contributed by atoms with Crippen LogP contribution in [-0.4, -0.2) is 11.9 Å². The molecule has 8 aromatic rings. The highest BCUT2D eigenvalue weighted by Gasteiger charge is 2.16. The van der Waals surface area contributed by atoms with Crippen molar-refractivity contribution in [2.45, 2.75) is 0 Å². The van der Waals surface area contributed by atoms with Crippen LogP contribution in [0.1, 0.15) is 0 Å². The fourth-order valence-electron chi connectivity index (χ4n) is 6.80. The Balaban J connectivity index is 1.14. The first kappa shape index (κ1) is 35.3. The fourth-order valence-corrected chi connectivity index (χ4v) is 6.80. The van der Waals surface area contributed by atoms with Gasteiger partial charge in [-0.05, 0) is 130 Å². The summed E-state index contributed by atoms with van der Waals surface area (Å²) in [5.74, 6) is -0.0994. The van der Waals surface area contributed by atoms with Crippen LogP contribution in [-0.2, 0) is 9.59 Å². The van der Waals surface area contributed by atoms with E-state index in [1.165, 1.54) is 0 Å². The summed E-state index contributed by atoms with van der Waals surface area (Å²) in [7, 11) is 0. The van der Waals surface area contributed by atoms with Crippen LogP contribution in [0, 0.1) is 0 Å². The molecule has 270 valence electrons. The number of rotatable bonds is 11. The lowest BCUT2D eigenvalue weighted by molar-refractivity contribution is -0.129. The van der Waals surface area contributed by atoms with Crippen LogP contribution < -0.4 is 19.3 Å². The molecule has 0 saturated heterocycles. The summed E-state index contributed by atoms with van der Waals surface area (Å²) in [5.41, 5.74) is 8.30. The smallest absolute Gasteiger partial charge is 0.335 e. The van der Waals surface area contributed by atoms with Crippen LogP contribution in [0.15, 0.2) is 207 Å². The molecule has 0 amide bonds. The van der Waals surface area contributed by atoms with Gasteiger partial charge in [0.15, 0.2) is 0 Å². The van der Waals surface area contributed by atoms with Gasteiger partial charge < -0.3 is 19.3 Å². The quantitative estimate of drug-likeness (QED) is 0.0751. The lowest BCUT2D eigenvalue weighted by atomic mass is 10.0. The van der Waals surface area contributed by atoms with Crippen LogP contribution in [0.5, 0.6) is 11.5 Å². The number of hydrogen-bond donors (Lipinski definition) is 0. The maximum atomic E-state index is 11.8. The van der Waals surface area contributed by atoms with Gasteiger partial charge in [0, 0.05) is 46.3 Å². The third-order valence-corrected chi connectivity index (χ3v) is 9.49. The van der Waals surface area contributed by atoms with Crippen LogP contribution >= 0.6 is 0 Å². The number of nitrogens with zero attached hydrogens (tertiary/aromatic N) is 2. The van der Waals surface area contributed by atoms with Crippen LogP contribution in [0.3, 0.4) is 0 Å². The lowest BCUT2D eigenvalue weighted by Gasteiger charge is -2.27. The van der Waals surface area contributed by atoms with Crippen LogP contribution in [0.2, 0.25) is 0 Å². The van der Waals surface area contributed by atoms with E-state index in [0.717, 1.165) is 78.9 Å². The Morgan fingerprint density at radius 3 is 1.09 bits per heavy atom. The highest BCUT2D eigenvalue weighted by Crippen LogP contribution is 2.40. The summed E-state index contributed by atoms with van der Waals surface area (Å²) in [5, 5.41) is 3.83. The second-order valence-corrected chi connectivity index (χ2v) is 13.1. The van der Waals surface area contributed by atoms with Gasteiger partial charge in [-0.2, -0.15) is 0 Å². The first-order valence-electron chi connectivity index (χ1n) is 18.1. The molecule has 0 radical (unpaired) electrons.